The predicted octanol–water partition coefficient (Wildman–Crippen LogP) is 4.38. The number of fused-ring (bicyclic) bond motifs is 1. The van der Waals surface area contributed by atoms with Crippen molar-refractivity contribution in [2.24, 2.45) is 0 Å². The van der Waals surface area contributed by atoms with Gasteiger partial charge in [-0.3, -0.25) is 0 Å². The highest BCUT2D eigenvalue weighted by molar-refractivity contribution is 7.19. The lowest BCUT2D eigenvalue weighted by Crippen LogP contribution is -1.99. The highest BCUT2D eigenvalue weighted by Gasteiger charge is 2.15. The van der Waals surface area contributed by atoms with Crippen LogP contribution >= 0.6 is 22.9 Å². The molecule has 0 saturated heterocycles. The van der Waals surface area contributed by atoms with Gasteiger partial charge in [0.25, 0.3) is 0 Å². The van der Waals surface area contributed by atoms with Gasteiger partial charge in [0.2, 0.25) is 4.96 Å². The Kier molecular flexibility index (Phi) is 3.74. The van der Waals surface area contributed by atoms with Crippen LogP contribution in [0.3, 0.4) is 0 Å². The standard InChI is InChI=1S/C16H9ClF2N4S/c17-13-4-2-1-3-12(13)15-22-23-14(20-21-16(23)24-15)7-9-5-10(18)8-11(19)6-9/h1-6,8H,7H2. The number of hydrogen-bond donors (Lipinski definition) is 0. The maximum absolute atomic E-state index is 13.3. The van der Waals surface area contributed by atoms with Crippen LogP contribution < -0.4 is 0 Å². The zero-order valence-corrected chi connectivity index (χ0v) is 13.7. The number of benzene rings is 2. The Hall–Kier alpha value is -2.38. The van der Waals surface area contributed by atoms with E-state index < -0.39 is 11.6 Å². The molecular weight excluding hydrogens is 354 g/mol. The molecule has 24 heavy (non-hydrogen) atoms. The zero-order chi connectivity index (χ0) is 16.7. The molecule has 120 valence electrons. The smallest absolute Gasteiger partial charge is 0.207 e. The van der Waals surface area contributed by atoms with Gasteiger partial charge < -0.3 is 0 Å². The van der Waals surface area contributed by atoms with Gasteiger partial charge in [-0.1, -0.05) is 41.1 Å². The third-order valence-electron chi connectivity index (χ3n) is 3.44. The van der Waals surface area contributed by atoms with E-state index in [1.54, 1.807) is 10.6 Å². The average molecular weight is 363 g/mol. The second kappa shape index (κ2) is 5.92. The molecule has 0 aliphatic carbocycles. The Bertz CT molecular complexity index is 1020. The van der Waals surface area contributed by atoms with E-state index in [-0.39, 0.29) is 6.42 Å². The van der Waals surface area contributed by atoms with Crippen molar-refractivity contribution in [3.8, 4) is 10.6 Å². The van der Waals surface area contributed by atoms with Crippen molar-refractivity contribution in [1.29, 1.82) is 0 Å². The molecule has 2 aromatic heterocycles. The topological polar surface area (TPSA) is 43.1 Å². The van der Waals surface area contributed by atoms with E-state index in [9.17, 15) is 8.78 Å². The molecule has 8 heteroatoms. The third kappa shape index (κ3) is 2.76. The van der Waals surface area contributed by atoms with E-state index >= 15 is 0 Å². The molecule has 0 aliphatic rings. The van der Waals surface area contributed by atoms with Gasteiger partial charge in [0.1, 0.15) is 16.6 Å². The second-order valence-corrected chi connectivity index (χ2v) is 6.52. The SMILES string of the molecule is Fc1cc(F)cc(Cc2nnc3sc(-c4ccccc4Cl)nn23)c1. The maximum Gasteiger partial charge on any atom is 0.234 e. The van der Waals surface area contributed by atoms with Crippen molar-refractivity contribution in [3.05, 3.63) is 70.5 Å². The summed E-state index contributed by atoms with van der Waals surface area (Å²) in [6, 6.07) is 10.7. The molecule has 4 nitrogen and oxygen atoms in total. The fourth-order valence-electron chi connectivity index (χ4n) is 2.41. The van der Waals surface area contributed by atoms with Crippen LogP contribution in [0.2, 0.25) is 5.02 Å². The van der Waals surface area contributed by atoms with Crippen LogP contribution in [0.25, 0.3) is 15.5 Å². The highest BCUT2D eigenvalue weighted by Crippen LogP contribution is 2.31. The summed E-state index contributed by atoms with van der Waals surface area (Å²) in [6.45, 7) is 0. The quantitative estimate of drug-likeness (QED) is 0.543. The first-order valence-corrected chi connectivity index (χ1v) is 8.20. The van der Waals surface area contributed by atoms with E-state index in [4.69, 9.17) is 11.6 Å². The molecule has 2 aromatic carbocycles. The molecule has 4 rings (SSSR count). The van der Waals surface area contributed by atoms with Crippen molar-refractivity contribution < 1.29 is 8.78 Å². The van der Waals surface area contributed by atoms with Crippen molar-refractivity contribution in [1.82, 2.24) is 19.8 Å². The highest BCUT2D eigenvalue weighted by atomic mass is 35.5. The van der Waals surface area contributed by atoms with Gasteiger partial charge in [0.05, 0.1) is 5.02 Å². The van der Waals surface area contributed by atoms with Gasteiger partial charge in [-0.2, -0.15) is 9.61 Å². The number of halogens is 3. The summed E-state index contributed by atoms with van der Waals surface area (Å²) in [5, 5.41) is 13.9. The van der Waals surface area contributed by atoms with Gasteiger partial charge in [0, 0.05) is 18.1 Å². The van der Waals surface area contributed by atoms with E-state index in [1.807, 2.05) is 18.2 Å². The van der Waals surface area contributed by atoms with Gasteiger partial charge in [0.15, 0.2) is 5.82 Å². The van der Waals surface area contributed by atoms with Crippen LogP contribution in [0, 0.1) is 11.6 Å². The van der Waals surface area contributed by atoms with Gasteiger partial charge >= 0.3 is 0 Å². The van der Waals surface area contributed by atoms with Crippen LogP contribution in [-0.2, 0) is 6.42 Å². The van der Waals surface area contributed by atoms with Crippen LogP contribution in [0.5, 0.6) is 0 Å². The van der Waals surface area contributed by atoms with Gasteiger partial charge in [-0.15, -0.1) is 10.2 Å². The van der Waals surface area contributed by atoms with E-state index in [0.29, 0.717) is 26.4 Å². The fourth-order valence-corrected chi connectivity index (χ4v) is 3.59. The van der Waals surface area contributed by atoms with Crippen molar-refractivity contribution in [2.75, 3.05) is 0 Å². The molecule has 0 atom stereocenters. The molecule has 0 bridgehead atoms. The number of hydrogen-bond acceptors (Lipinski definition) is 4. The number of aromatic nitrogens is 4. The molecule has 0 aliphatic heterocycles. The van der Waals surface area contributed by atoms with Crippen LogP contribution in [0.4, 0.5) is 8.78 Å². The molecule has 0 unspecified atom stereocenters. The monoisotopic (exact) mass is 362 g/mol. The number of nitrogens with zero attached hydrogens (tertiary/aromatic N) is 4. The summed E-state index contributed by atoms with van der Waals surface area (Å²) in [5.74, 6) is -0.744. The molecule has 0 fully saturated rings. The van der Waals surface area contributed by atoms with Gasteiger partial charge in [-0.05, 0) is 23.8 Å². The number of rotatable bonds is 3. The normalized spacial score (nSPS) is 11.3. The Balaban J connectivity index is 1.74. The summed E-state index contributed by atoms with van der Waals surface area (Å²) < 4.78 is 28.2. The van der Waals surface area contributed by atoms with Crippen molar-refractivity contribution in [2.45, 2.75) is 6.42 Å². The van der Waals surface area contributed by atoms with Crippen LogP contribution in [0.15, 0.2) is 42.5 Å². The van der Waals surface area contributed by atoms with Crippen molar-refractivity contribution >= 4 is 27.9 Å². The maximum atomic E-state index is 13.3. The molecule has 0 amide bonds. The minimum Gasteiger partial charge on any atom is -0.207 e. The van der Waals surface area contributed by atoms with Crippen LogP contribution in [0.1, 0.15) is 11.4 Å². The molecular formula is C16H9ClF2N4S. The second-order valence-electron chi connectivity index (χ2n) is 5.15. The third-order valence-corrected chi connectivity index (χ3v) is 4.71. The zero-order valence-electron chi connectivity index (χ0n) is 12.1. The Morgan fingerprint density at radius 1 is 1.04 bits per heavy atom. The molecule has 2 heterocycles. The average Bonchev–Trinajstić information content (AvgIpc) is 3.09. The first kappa shape index (κ1) is 15.2. The van der Waals surface area contributed by atoms with Crippen LogP contribution in [-0.4, -0.2) is 19.8 Å². The predicted molar refractivity (Wildman–Crippen MR) is 88.3 cm³/mol. The fraction of sp³-hybridized carbons (Fsp3) is 0.0625. The first-order chi connectivity index (χ1) is 11.6. The van der Waals surface area contributed by atoms with Gasteiger partial charge in [-0.25, -0.2) is 8.78 Å². The van der Waals surface area contributed by atoms with E-state index in [0.717, 1.165) is 11.6 Å². The van der Waals surface area contributed by atoms with E-state index in [1.165, 1.54) is 23.5 Å². The summed E-state index contributed by atoms with van der Waals surface area (Å²) in [4.78, 5) is 0.594. The first-order valence-electron chi connectivity index (χ1n) is 7.01. The largest absolute Gasteiger partial charge is 0.234 e. The molecule has 4 aromatic rings. The lowest BCUT2D eigenvalue weighted by Gasteiger charge is -2.00. The minimum atomic E-state index is -0.624. The molecule has 0 saturated carbocycles. The summed E-state index contributed by atoms with van der Waals surface area (Å²) in [6.07, 6.45) is 0.224. The Morgan fingerprint density at radius 2 is 1.79 bits per heavy atom. The minimum absolute atomic E-state index is 0.224. The molecule has 0 radical (unpaired) electrons. The Labute approximate surface area is 144 Å². The lowest BCUT2D eigenvalue weighted by atomic mass is 10.1. The summed E-state index contributed by atoms with van der Waals surface area (Å²) >= 11 is 7.54. The molecule has 0 N–H and O–H groups in total. The molecule has 0 spiro atoms. The summed E-state index contributed by atoms with van der Waals surface area (Å²) in [7, 11) is 0. The van der Waals surface area contributed by atoms with Crippen molar-refractivity contribution in [3.63, 3.8) is 0 Å². The Morgan fingerprint density at radius 3 is 2.54 bits per heavy atom. The summed E-state index contributed by atoms with van der Waals surface area (Å²) in [5.41, 5.74) is 1.27. The van der Waals surface area contributed by atoms with E-state index in [2.05, 4.69) is 15.3 Å². The lowest BCUT2D eigenvalue weighted by molar-refractivity contribution is 0.580.